The van der Waals surface area contributed by atoms with Gasteiger partial charge in [-0.1, -0.05) is 41.9 Å². The average molecular weight is 378 g/mol. The zero-order valence-corrected chi connectivity index (χ0v) is 15.4. The predicted octanol–water partition coefficient (Wildman–Crippen LogP) is 3.68. The van der Waals surface area contributed by atoms with Gasteiger partial charge >= 0.3 is 0 Å². The molecule has 0 spiro atoms. The van der Waals surface area contributed by atoms with Crippen molar-refractivity contribution in [3.8, 4) is 0 Å². The van der Waals surface area contributed by atoms with Gasteiger partial charge in [-0.2, -0.15) is 0 Å². The molecule has 3 nitrogen and oxygen atoms in total. The van der Waals surface area contributed by atoms with Gasteiger partial charge in [0.2, 0.25) is 5.91 Å². The monoisotopic (exact) mass is 376 g/mol. The van der Waals surface area contributed by atoms with Crippen molar-refractivity contribution in [2.75, 3.05) is 6.54 Å². The topological polar surface area (TPSA) is 55.1 Å². The number of carbonyl (C=O) groups excluding carboxylic acids is 1. The minimum atomic E-state index is -0.423. The number of carbonyl (C=O) groups is 1. The highest BCUT2D eigenvalue weighted by atomic mass is 79.9. The molecule has 0 aliphatic carbocycles. The quantitative estimate of drug-likeness (QED) is 0.761. The molecule has 0 saturated carbocycles. The molecule has 0 bridgehead atoms. The number of nitrogens with one attached hydrogen (secondary N) is 1. The van der Waals surface area contributed by atoms with Gasteiger partial charge in [0.15, 0.2) is 0 Å². The highest BCUT2D eigenvalue weighted by Crippen LogP contribution is 2.25. The van der Waals surface area contributed by atoms with Gasteiger partial charge in [0.05, 0.1) is 5.41 Å². The van der Waals surface area contributed by atoms with Gasteiger partial charge < -0.3 is 11.1 Å². The Balaban J connectivity index is 0.00000400. The van der Waals surface area contributed by atoms with E-state index in [-0.39, 0.29) is 24.4 Å². The first-order chi connectivity index (χ1) is 9.47. The number of rotatable bonds is 7. The van der Waals surface area contributed by atoms with Crippen molar-refractivity contribution < 1.29 is 4.79 Å². The van der Waals surface area contributed by atoms with Crippen molar-refractivity contribution in [3.05, 3.63) is 34.3 Å². The number of benzene rings is 1. The Morgan fingerprint density at radius 2 is 1.81 bits per heavy atom. The van der Waals surface area contributed by atoms with Gasteiger partial charge in [0, 0.05) is 17.1 Å². The van der Waals surface area contributed by atoms with Crippen LogP contribution in [0.4, 0.5) is 0 Å². The Morgan fingerprint density at radius 1 is 1.29 bits per heavy atom. The van der Waals surface area contributed by atoms with Crippen LogP contribution in [0.1, 0.15) is 39.2 Å². The van der Waals surface area contributed by atoms with Crippen molar-refractivity contribution in [2.24, 2.45) is 11.1 Å². The summed E-state index contributed by atoms with van der Waals surface area (Å²) < 4.78 is 1.07. The fourth-order valence-corrected chi connectivity index (χ4v) is 2.62. The maximum Gasteiger partial charge on any atom is 0.227 e. The summed E-state index contributed by atoms with van der Waals surface area (Å²) in [4.78, 5) is 12.4. The lowest BCUT2D eigenvalue weighted by atomic mass is 9.81. The number of nitrogens with two attached hydrogens (primary N) is 1. The minimum Gasteiger partial charge on any atom is -0.353 e. The fourth-order valence-electron chi connectivity index (χ4n) is 2.35. The minimum absolute atomic E-state index is 0. The Bertz CT molecular complexity index is 424. The van der Waals surface area contributed by atoms with E-state index < -0.39 is 5.41 Å². The van der Waals surface area contributed by atoms with Crippen LogP contribution in [-0.2, 0) is 11.2 Å². The van der Waals surface area contributed by atoms with Crippen LogP contribution in [0.5, 0.6) is 0 Å². The first kappa shape index (κ1) is 20.4. The van der Waals surface area contributed by atoms with Crippen LogP contribution in [-0.4, -0.2) is 18.5 Å². The molecule has 1 rings (SSSR count). The third kappa shape index (κ3) is 5.61. The van der Waals surface area contributed by atoms with Crippen LogP contribution < -0.4 is 11.1 Å². The van der Waals surface area contributed by atoms with Gasteiger partial charge in [0.1, 0.15) is 0 Å². The first-order valence-electron chi connectivity index (χ1n) is 7.23. The molecule has 0 heterocycles. The molecule has 21 heavy (non-hydrogen) atoms. The summed E-state index contributed by atoms with van der Waals surface area (Å²) in [6.07, 6.45) is 2.38. The van der Waals surface area contributed by atoms with E-state index in [1.54, 1.807) is 0 Å². The van der Waals surface area contributed by atoms with E-state index >= 15 is 0 Å². The van der Waals surface area contributed by atoms with Crippen molar-refractivity contribution in [2.45, 2.75) is 46.1 Å². The zero-order valence-electron chi connectivity index (χ0n) is 13.0. The smallest absolute Gasteiger partial charge is 0.227 e. The molecule has 3 N–H and O–H groups in total. The van der Waals surface area contributed by atoms with Crippen LogP contribution in [0.2, 0.25) is 0 Å². The van der Waals surface area contributed by atoms with E-state index in [1.807, 2.05) is 32.9 Å². The molecule has 0 aliphatic rings. The number of hydrogen-bond acceptors (Lipinski definition) is 2. The molecular formula is C16H26BrClN2O. The second kappa shape index (κ2) is 9.44. The van der Waals surface area contributed by atoms with Crippen molar-refractivity contribution in [1.29, 1.82) is 0 Å². The van der Waals surface area contributed by atoms with E-state index in [0.717, 1.165) is 23.7 Å². The van der Waals surface area contributed by atoms with Crippen molar-refractivity contribution in [3.63, 3.8) is 0 Å². The van der Waals surface area contributed by atoms with E-state index in [2.05, 4.69) is 33.4 Å². The molecule has 0 aromatic heterocycles. The standard InChI is InChI=1S/C16H25BrN2O.ClH/c1-4-16(5-2,11-18)15(20)19-12(3)10-13-6-8-14(17)9-7-13;/h6-9,12H,4-5,10-11,18H2,1-3H3,(H,19,20);1H. The summed E-state index contributed by atoms with van der Waals surface area (Å²) in [6, 6.07) is 8.29. The summed E-state index contributed by atoms with van der Waals surface area (Å²) in [5.41, 5.74) is 6.60. The number of amides is 1. The molecule has 0 radical (unpaired) electrons. The molecule has 1 amide bonds. The maximum atomic E-state index is 12.4. The largest absolute Gasteiger partial charge is 0.353 e. The molecule has 5 heteroatoms. The highest BCUT2D eigenvalue weighted by molar-refractivity contribution is 9.10. The summed E-state index contributed by atoms with van der Waals surface area (Å²) in [7, 11) is 0. The summed E-state index contributed by atoms with van der Waals surface area (Å²) in [6.45, 7) is 6.48. The number of halogens is 2. The second-order valence-corrected chi connectivity index (χ2v) is 6.31. The Hall–Kier alpha value is -0.580. The molecule has 0 fully saturated rings. The van der Waals surface area contributed by atoms with Gasteiger partial charge in [-0.3, -0.25) is 4.79 Å². The Morgan fingerprint density at radius 3 is 2.24 bits per heavy atom. The molecule has 0 saturated heterocycles. The molecule has 1 atom stereocenters. The fraction of sp³-hybridized carbons (Fsp3) is 0.562. The predicted molar refractivity (Wildman–Crippen MR) is 94.8 cm³/mol. The SMILES string of the molecule is CCC(CC)(CN)C(=O)NC(C)Cc1ccc(Br)cc1.Cl. The Kier molecular flexibility index (Phi) is 9.18. The van der Waals surface area contributed by atoms with Gasteiger partial charge in [0.25, 0.3) is 0 Å². The van der Waals surface area contributed by atoms with E-state index in [9.17, 15) is 4.79 Å². The highest BCUT2D eigenvalue weighted by Gasteiger charge is 2.33. The molecule has 1 aromatic rings. The van der Waals surface area contributed by atoms with Crippen LogP contribution in [0.25, 0.3) is 0 Å². The summed E-state index contributed by atoms with van der Waals surface area (Å²) >= 11 is 3.42. The van der Waals surface area contributed by atoms with E-state index in [4.69, 9.17) is 5.73 Å². The lowest BCUT2D eigenvalue weighted by Gasteiger charge is -2.30. The first-order valence-corrected chi connectivity index (χ1v) is 8.02. The van der Waals surface area contributed by atoms with Crippen LogP contribution in [0.3, 0.4) is 0 Å². The molecule has 1 unspecified atom stereocenters. The lowest BCUT2D eigenvalue weighted by molar-refractivity contribution is -0.131. The van der Waals surface area contributed by atoms with Crippen LogP contribution in [0.15, 0.2) is 28.7 Å². The molecule has 0 aliphatic heterocycles. The van der Waals surface area contributed by atoms with Gasteiger partial charge in [-0.05, 0) is 43.9 Å². The van der Waals surface area contributed by atoms with Gasteiger partial charge in [-0.25, -0.2) is 0 Å². The normalized spacial score (nSPS) is 12.4. The lowest BCUT2D eigenvalue weighted by Crippen LogP contribution is -2.48. The maximum absolute atomic E-state index is 12.4. The van der Waals surface area contributed by atoms with Gasteiger partial charge in [-0.15, -0.1) is 12.4 Å². The third-order valence-electron chi connectivity index (χ3n) is 4.06. The molecule has 1 aromatic carbocycles. The number of hydrogen-bond donors (Lipinski definition) is 2. The van der Waals surface area contributed by atoms with Crippen LogP contribution in [0, 0.1) is 5.41 Å². The summed E-state index contributed by atoms with van der Waals surface area (Å²) in [5, 5.41) is 3.11. The summed E-state index contributed by atoms with van der Waals surface area (Å²) in [5.74, 6) is 0.0783. The van der Waals surface area contributed by atoms with Crippen molar-refractivity contribution >= 4 is 34.2 Å². The van der Waals surface area contributed by atoms with E-state index in [0.29, 0.717) is 6.54 Å². The van der Waals surface area contributed by atoms with E-state index in [1.165, 1.54) is 5.56 Å². The molecular weight excluding hydrogens is 352 g/mol. The second-order valence-electron chi connectivity index (χ2n) is 5.40. The van der Waals surface area contributed by atoms with Crippen LogP contribution >= 0.6 is 28.3 Å². The molecule has 120 valence electrons. The zero-order chi connectivity index (χ0) is 15.2. The average Bonchev–Trinajstić information content (AvgIpc) is 2.44. The van der Waals surface area contributed by atoms with Crippen molar-refractivity contribution in [1.82, 2.24) is 5.32 Å². The Labute approximate surface area is 142 Å². The third-order valence-corrected chi connectivity index (χ3v) is 4.59.